The standard InChI is InChI=1S/C13H21N3O2S/c1-8(2)18-11-4-10(5-11)16-13(17)14-6-12-9(3)15-7-19-12/h7-8,10-11H,4-6H2,1-3H3,(H2,14,16,17). The minimum absolute atomic E-state index is 0.110. The molecule has 1 saturated carbocycles. The molecule has 6 heteroatoms. The molecule has 0 bridgehead atoms. The molecule has 1 aliphatic rings. The third-order valence-corrected chi connectivity index (χ3v) is 4.08. The van der Waals surface area contributed by atoms with Crippen molar-refractivity contribution in [3.8, 4) is 0 Å². The van der Waals surface area contributed by atoms with Gasteiger partial charge in [0.1, 0.15) is 0 Å². The van der Waals surface area contributed by atoms with Crippen LogP contribution in [0.5, 0.6) is 0 Å². The Morgan fingerprint density at radius 1 is 1.58 bits per heavy atom. The summed E-state index contributed by atoms with van der Waals surface area (Å²) in [5.74, 6) is 0. The Hall–Kier alpha value is -1.14. The van der Waals surface area contributed by atoms with E-state index >= 15 is 0 Å². The first-order chi connectivity index (χ1) is 9.04. The molecule has 1 aliphatic carbocycles. The summed E-state index contributed by atoms with van der Waals surface area (Å²) in [6.45, 7) is 6.56. The van der Waals surface area contributed by atoms with Gasteiger partial charge in [0.05, 0.1) is 30.0 Å². The summed E-state index contributed by atoms with van der Waals surface area (Å²) in [5.41, 5.74) is 2.78. The number of nitrogens with zero attached hydrogens (tertiary/aromatic N) is 1. The van der Waals surface area contributed by atoms with Gasteiger partial charge in [-0.3, -0.25) is 0 Å². The number of thiazole rings is 1. The molecular formula is C13H21N3O2S. The first-order valence-corrected chi connectivity index (χ1v) is 7.51. The second-order valence-electron chi connectivity index (χ2n) is 5.16. The topological polar surface area (TPSA) is 63.2 Å². The van der Waals surface area contributed by atoms with Crippen LogP contribution in [0.2, 0.25) is 0 Å². The Morgan fingerprint density at radius 2 is 2.32 bits per heavy atom. The molecule has 0 atom stereocenters. The van der Waals surface area contributed by atoms with Crippen LogP contribution in [0.1, 0.15) is 37.3 Å². The maximum absolute atomic E-state index is 11.7. The first kappa shape index (κ1) is 14.3. The number of aromatic nitrogens is 1. The number of hydrogen-bond donors (Lipinski definition) is 2. The van der Waals surface area contributed by atoms with Crippen molar-refractivity contribution in [3.63, 3.8) is 0 Å². The van der Waals surface area contributed by atoms with E-state index in [0.29, 0.717) is 12.6 Å². The van der Waals surface area contributed by atoms with Crippen LogP contribution in [-0.4, -0.2) is 29.3 Å². The van der Waals surface area contributed by atoms with Gasteiger partial charge in [-0.05, 0) is 33.6 Å². The number of carbonyl (C=O) groups excluding carboxylic acids is 1. The van der Waals surface area contributed by atoms with Gasteiger partial charge in [-0.2, -0.15) is 0 Å². The van der Waals surface area contributed by atoms with Crippen molar-refractivity contribution in [2.45, 2.75) is 58.4 Å². The van der Waals surface area contributed by atoms with Gasteiger partial charge in [0.25, 0.3) is 0 Å². The number of ether oxygens (including phenoxy) is 1. The summed E-state index contributed by atoms with van der Waals surface area (Å²) >= 11 is 1.56. The fourth-order valence-electron chi connectivity index (χ4n) is 2.07. The largest absolute Gasteiger partial charge is 0.375 e. The van der Waals surface area contributed by atoms with E-state index in [0.717, 1.165) is 23.4 Å². The molecule has 0 radical (unpaired) electrons. The van der Waals surface area contributed by atoms with Gasteiger partial charge >= 0.3 is 6.03 Å². The second kappa shape index (κ2) is 6.34. The molecule has 2 amide bonds. The SMILES string of the molecule is Cc1ncsc1CNC(=O)NC1CC(OC(C)C)C1. The predicted molar refractivity (Wildman–Crippen MR) is 75.3 cm³/mol. The van der Waals surface area contributed by atoms with Crippen molar-refractivity contribution < 1.29 is 9.53 Å². The molecule has 0 aliphatic heterocycles. The number of aryl methyl sites for hydroxylation is 1. The van der Waals surface area contributed by atoms with Crippen LogP contribution < -0.4 is 10.6 Å². The summed E-state index contributed by atoms with van der Waals surface area (Å²) < 4.78 is 5.65. The van der Waals surface area contributed by atoms with Crippen molar-refractivity contribution >= 4 is 17.4 Å². The van der Waals surface area contributed by atoms with Gasteiger partial charge in [-0.1, -0.05) is 0 Å². The maximum atomic E-state index is 11.7. The molecule has 106 valence electrons. The molecule has 0 unspecified atom stereocenters. The summed E-state index contributed by atoms with van der Waals surface area (Å²) in [4.78, 5) is 17.0. The monoisotopic (exact) mass is 283 g/mol. The van der Waals surface area contributed by atoms with Crippen molar-refractivity contribution in [3.05, 3.63) is 16.1 Å². The van der Waals surface area contributed by atoms with Crippen molar-refractivity contribution in [1.29, 1.82) is 0 Å². The zero-order valence-electron chi connectivity index (χ0n) is 11.6. The molecule has 0 saturated heterocycles. The van der Waals surface area contributed by atoms with Crippen molar-refractivity contribution in [2.75, 3.05) is 0 Å². The third-order valence-electron chi connectivity index (χ3n) is 3.15. The Kier molecular flexibility index (Phi) is 4.76. The fraction of sp³-hybridized carbons (Fsp3) is 0.692. The molecule has 2 rings (SSSR count). The summed E-state index contributed by atoms with van der Waals surface area (Å²) in [6.07, 6.45) is 2.37. The Labute approximate surface area is 117 Å². The number of nitrogens with one attached hydrogen (secondary N) is 2. The van der Waals surface area contributed by atoms with E-state index in [-0.39, 0.29) is 18.2 Å². The lowest BCUT2D eigenvalue weighted by atomic mass is 9.89. The minimum Gasteiger partial charge on any atom is -0.375 e. The van der Waals surface area contributed by atoms with Crippen LogP contribution in [-0.2, 0) is 11.3 Å². The normalized spacial score (nSPS) is 22.1. The molecule has 2 N–H and O–H groups in total. The molecular weight excluding hydrogens is 262 g/mol. The van der Waals surface area contributed by atoms with Gasteiger partial charge in [-0.25, -0.2) is 9.78 Å². The van der Waals surface area contributed by atoms with Crippen LogP contribution in [0.3, 0.4) is 0 Å². The maximum Gasteiger partial charge on any atom is 0.315 e. The van der Waals surface area contributed by atoms with E-state index in [9.17, 15) is 4.79 Å². The lowest BCUT2D eigenvalue weighted by Gasteiger charge is -2.36. The molecule has 19 heavy (non-hydrogen) atoms. The smallest absolute Gasteiger partial charge is 0.315 e. The quantitative estimate of drug-likeness (QED) is 0.871. The van der Waals surface area contributed by atoms with Crippen LogP contribution >= 0.6 is 11.3 Å². The zero-order chi connectivity index (χ0) is 13.8. The van der Waals surface area contributed by atoms with Crippen LogP contribution in [0, 0.1) is 6.92 Å². The Bertz CT molecular complexity index is 427. The average Bonchev–Trinajstić information content (AvgIpc) is 2.69. The number of amides is 2. The lowest BCUT2D eigenvalue weighted by Crippen LogP contribution is -2.51. The van der Waals surface area contributed by atoms with Gasteiger partial charge in [0.15, 0.2) is 0 Å². The second-order valence-corrected chi connectivity index (χ2v) is 6.10. The molecule has 5 nitrogen and oxygen atoms in total. The number of hydrogen-bond acceptors (Lipinski definition) is 4. The minimum atomic E-state index is -0.110. The van der Waals surface area contributed by atoms with Gasteiger partial charge < -0.3 is 15.4 Å². The van der Waals surface area contributed by atoms with E-state index in [1.807, 2.05) is 20.8 Å². The predicted octanol–water partition coefficient (Wildman–Crippen LogP) is 2.21. The molecule has 1 aromatic heterocycles. The molecule has 1 aromatic rings. The Balaban J connectivity index is 1.62. The van der Waals surface area contributed by atoms with E-state index in [1.165, 1.54) is 0 Å². The highest BCUT2D eigenvalue weighted by molar-refractivity contribution is 7.09. The van der Waals surface area contributed by atoms with Crippen LogP contribution in [0.15, 0.2) is 5.51 Å². The number of urea groups is 1. The van der Waals surface area contributed by atoms with Crippen molar-refractivity contribution in [2.24, 2.45) is 0 Å². The Morgan fingerprint density at radius 3 is 2.89 bits per heavy atom. The third kappa shape index (κ3) is 4.18. The molecule has 1 fully saturated rings. The van der Waals surface area contributed by atoms with Crippen LogP contribution in [0.4, 0.5) is 4.79 Å². The van der Waals surface area contributed by atoms with E-state index < -0.39 is 0 Å². The van der Waals surface area contributed by atoms with Crippen molar-refractivity contribution in [1.82, 2.24) is 15.6 Å². The van der Waals surface area contributed by atoms with Crippen LogP contribution in [0.25, 0.3) is 0 Å². The highest BCUT2D eigenvalue weighted by Crippen LogP contribution is 2.24. The number of carbonyl (C=O) groups is 1. The fourth-order valence-corrected chi connectivity index (χ4v) is 2.79. The van der Waals surface area contributed by atoms with Gasteiger partial charge in [0.2, 0.25) is 0 Å². The molecule has 0 aromatic carbocycles. The highest BCUT2D eigenvalue weighted by atomic mass is 32.1. The van der Waals surface area contributed by atoms with Gasteiger partial charge in [0, 0.05) is 10.9 Å². The molecule has 1 heterocycles. The summed E-state index contributed by atoms with van der Waals surface area (Å²) in [7, 11) is 0. The molecule has 0 spiro atoms. The van der Waals surface area contributed by atoms with E-state index in [1.54, 1.807) is 16.8 Å². The highest BCUT2D eigenvalue weighted by Gasteiger charge is 2.31. The van der Waals surface area contributed by atoms with E-state index in [4.69, 9.17) is 4.74 Å². The first-order valence-electron chi connectivity index (χ1n) is 6.63. The van der Waals surface area contributed by atoms with Gasteiger partial charge in [-0.15, -0.1) is 11.3 Å². The number of rotatable bonds is 5. The zero-order valence-corrected chi connectivity index (χ0v) is 12.4. The average molecular weight is 283 g/mol. The summed E-state index contributed by atoms with van der Waals surface area (Å²) in [6, 6.07) is 0.132. The summed E-state index contributed by atoms with van der Waals surface area (Å²) in [5, 5.41) is 5.82. The lowest BCUT2D eigenvalue weighted by molar-refractivity contribution is -0.0475. The van der Waals surface area contributed by atoms with E-state index in [2.05, 4.69) is 15.6 Å².